The molecule has 0 saturated heterocycles. The highest BCUT2D eigenvalue weighted by atomic mass is 28.4. The fourth-order valence-corrected chi connectivity index (χ4v) is 5.81. The Morgan fingerprint density at radius 1 is 0.923 bits per heavy atom. The van der Waals surface area contributed by atoms with Crippen LogP contribution in [0.4, 0.5) is 11.4 Å². The zero-order valence-electron chi connectivity index (χ0n) is 25.2. The molecule has 0 spiro atoms. The number of pyridine rings is 1. The van der Waals surface area contributed by atoms with E-state index in [2.05, 4.69) is 90.2 Å². The van der Waals surface area contributed by atoms with Gasteiger partial charge in [0.2, 0.25) is 8.32 Å². The van der Waals surface area contributed by atoms with Crippen molar-refractivity contribution >= 4 is 38.9 Å². The summed E-state index contributed by atoms with van der Waals surface area (Å²) in [5.74, 6) is 0.878. The lowest BCUT2D eigenvalue weighted by atomic mass is 10.0. The first-order valence-corrected chi connectivity index (χ1v) is 19.4. The highest BCUT2D eigenvalue weighted by molar-refractivity contribution is 6.75. The fraction of sp³-hybridized carbons (Fsp3) is 0.500. The van der Waals surface area contributed by atoms with Gasteiger partial charge in [-0.15, -0.1) is 0 Å². The number of hydrogen-bond acceptors (Lipinski definition) is 6. The first-order valence-electron chi connectivity index (χ1n) is 13.6. The second-order valence-corrected chi connectivity index (χ2v) is 22.9. The minimum atomic E-state index is -2.05. The van der Waals surface area contributed by atoms with E-state index in [4.69, 9.17) is 8.85 Å². The third-order valence-corrected chi connectivity index (χ3v) is 17.2. The van der Waals surface area contributed by atoms with Crippen molar-refractivity contribution in [2.75, 3.05) is 11.9 Å². The first-order chi connectivity index (χ1) is 17.9. The van der Waals surface area contributed by atoms with Crippen molar-refractivity contribution in [1.82, 2.24) is 4.98 Å². The smallest absolute Gasteiger partial charge is 0.311 e. The van der Waals surface area contributed by atoms with Gasteiger partial charge in [0.1, 0.15) is 17.6 Å². The van der Waals surface area contributed by atoms with Crippen LogP contribution >= 0.6 is 0 Å². The van der Waals surface area contributed by atoms with Crippen molar-refractivity contribution in [2.24, 2.45) is 0 Å². The number of hydrogen-bond donors (Lipinski definition) is 1. The quantitative estimate of drug-likeness (QED) is 0.150. The highest BCUT2D eigenvalue weighted by Gasteiger charge is 2.39. The molecule has 0 bridgehead atoms. The molecule has 3 rings (SSSR count). The Hall–Kier alpha value is -2.76. The van der Waals surface area contributed by atoms with Crippen LogP contribution in [0.3, 0.4) is 0 Å². The van der Waals surface area contributed by atoms with E-state index < -0.39 is 16.6 Å². The summed E-state index contributed by atoms with van der Waals surface area (Å²) in [6.07, 6.45) is 1.98. The van der Waals surface area contributed by atoms with Crippen LogP contribution in [0.25, 0.3) is 10.9 Å². The van der Waals surface area contributed by atoms with E-state index in [0.717, 1.165) is 16.7 Å². The number of anilines is 1. The van der Waals surface area contributed by atoms with Gasteiger partial charge in [0.15, 0.2) is 8.32 Å². The average Bonchev–Trinajstić information content (AvgIpc) is 2.82. The number of benzene rings is 2. The zero-order chi connectivity index (χ0) is 29.2. The molecule has 1 heterocycles. The summed E-state index contributed by atoms with van der Waals surface area (Å²) in [6.45, 7) is 22.7. The van der Waals surface area contributed by atoms with Gasteiger partial charge in [-0.1, -0.05) is 71.9 Å². The maximum atomic E-state index is 12.0. The molecule has 0 aliphatic rings. The molecule has 212 valence electrons. The van der Waals surface area contributed by atoms with E-state index in [-0.39, 0.29) is 26.7 Å². The predicted octanol–water partition coefficient (Wildman–Crippen LogP) is 8.57. The van der Waals surface area contributed by atoms with Crippen molar-refractivity contribution in [3.05, 3.63) is 70.4 Å². The lowest BCUT2D eigenvalue weighted by Gasteiger charge is -2.37. The van der Waals surface area contributed by atoms with E-state index in [9.17, 15) is 10.1 Å². The molecule has 9 heteroatoms. The van der Waals surface area contributed by atoms with Crippen LogP contribution in [0.5, 0.6) is 5.75 Å². The van der Waals surface area contributed by atoms with Crippen LogP contribution in [0.1, 0.15) is 47.1 Å². The molecule has 1 unspecified atom stereocenters. The summed E-state index contributed by atoms with van der Waals surface area (Å²) >= 11 is 0. The number of nitro groups is 1. The molecule has 2 aromatic carbocycles. The first kappa shape index (κ1) is 30.8. The maximum Gasteiger partial charge on any atom is 0.311 e. The number of para-hydroxylation sites is 1. The molecule has 0 saturated carbocycles. The molecule has 1 N–H and O–H groups in total. The Balaban J connectivity index is 1.93. The standard InChI is InChI=1S/C30H45N3O4Si2/c1-29(2,3)38(7,8)36-21-23(19-22-15-17-24(18-16-22)37-39(9,10)30(4,5)6)32-28-25-13-11-12-14-26(25)31-20-27(28)33(34)35/h11-18,20,23H,19,21H2,1-10H3,(H,31,32). The van der Waals surface area contributed by atoms with Gasteiger partial charge in [0.25, 0.3) is 0 Å². The van der Waals surface area contributed by atoms with E-state index in [1.165, 1.54) is 6.20 Å². The molecule has 1 aromatic heterocycles. The van der Waals surface area contributed by atoms with Crippen molar-refractivity contribution in [1.29, 1.82) is 0 Å². The van der Waals surface area contributed by atoms with Gasteiger partial charge >= 0.3 is 5.69 Å². The van der Waals surface area contributed by atoms with Gasteiger partial charge in [0.05, 0.1) is 23.1 Å². The SMILES string of the molecule is CC(C)(C)[Si](C)(C)OCC(Cc1ccc(O[Si](C)(C)C(C)(C)C)cc1)Nc1c([N+](=O)[O-])cnc2ccccc12. The van der Waals surface area contributed by atoms with Gasteiger partial charge in [-0.25, -0.2) is 4.98 Å². The van der Waals surface area contributed by atoms with Crippen LogP contribution in [-0.4, -0.2) is 39.2 Å². The Kier molecular flexibility index (Phi) is 8.99. The topological polar surface area (TPSA) is 86.5 Å². The summed E-state index contributed by atoms with van der Waals surface area (Å²) in [4.78, 5) is 15.9. The average molecular weight is 568 g/mol. The molecule has 7 nitrogen and oxygen atoms in total. The summed E-state index contributed by atoms with van der Waals surface area (Å²) in [6, 6.07) is 15.6. The Labute approximate surface area is 235 Å². The number of fused-ring (bicyclic) bond motifs is 1. The molecule has 1 atom stereocenters. The molecule has 0 aliphatic carbocycles. The van der Waals surface area contributed by atoms with E-state index in [0.29, 0.717) is 24.2 Å². The summed E-state index contributed by atoms with van der Waals surface area (Å²) < 4.78 is 13.1. The molecule has 0 aliphatic heterocycles. The normalized spacial score (nSPS) is 13.8. The van der Waals surface area contributed by atoms with Crippen molar-refractivity contribution in [2.45, 2.75) is 90.3 Å². The molecule has 0 amide bonds. The zero-order valence-corrected chi connectivity index (χ0v) is 27.2. The third-order valence-electron chi connectivity index (χ3n) is 8.34. The number of nitrogens with zero attached hydrogens (tertiary/aromatic N) is 2. The minimum absolute atomic E-state index is 0.0378. The third kappa shape index (κ3) is 7.46. The number of rotatable bonds is 10. The fourth-order valence-electron chi connectivity index (χ4n) is 3.73. The Morgan fingerprint density at radius 3 is 2.08 bits per heavy atom. The Bertz CT molecular complexity index is 1300. The van der Waals surface area contributed by atoms with Gasteiger partial charge in [0, 0.05) is 5.39 Å². The van der Waals surface area contributed by atoms with Gasteiger partial charge < -0.3 is 14.2 Å². The molecule has 39 heavy (non-hydrogen) atoms. The summed E-state index contributed by atoms with van der Waals surface area (Å²) in [7, 11) is -3.98. The van der Waals surface area contributed by atoms with Crippen LogP contribution in [-0.2, 0) is 10.8 Å². The van der Waals surface area contributed by atoms with Crippen LogP contribution < -0.4 is 9.74 Å². The van der Waals surface area contributed by atoms with Crippen molar-refractivity contribution in [3.63, 3.8) is 0 Å². The predicted molar refractivity (Wildman–Crippen MR) is 167 cm³/mol. The summed E-state index contributed by atoms with van der Waals surface area (Å²) in [5.41, 5.74) is 2.26. The molecular weight excluding hydrogens is 523 g/mol. The largest absolute Gasteiger partial charge is 0.544 e. The van der Waals surface area contributed by atoms with Crippen LogP contribution in [0, 0.1) is 10.1 Å². The molecule has 0 radical (unpaired) electrons. The highest BCUT2D eigenvalue weighted by Crippen LogP contribution is 2.39. The number of nitrogens with one attached hydrogen (secondary N) is 1. The van der Waals surface area contributed by atoms with E-state index in [1.807, 2.05) is 36.4 Å². The second kappa shape index (κ2) is 11.4. The second-order valence-electron chi connectivity index (χ2n) is 13.4. The lowest BCUT2D eigenvalue weighted by molar-refractivity contribution is -0.384. The number of aromatic nitrogens is 1. The van der Waals surface area contributed by atoms with Gasteiger partial charge in [-0.05, 0) is 66.4 Å². The summed E-state index contributed by atoms with van der Waals surface area (Å²) in [5, 5.41) is 16.4. The maximum absolute atomic E-state index is 12.0. The van der Waals surface area contributed by atoms with Crippen LogP contribution in [0.15, 0.2) is 54.7 Å². The molecular formula is C30H45N3O4Si2. The Morgan fingerprint density at radius 2 is 1.51 bits per heavy atom. The van der Waals surface area contributed by atoms with E-state index in [1.54, 1.807) is 0 Å². The minimum Gasteiger partial charge on any atom is -0.544 e. The lowest BCUT2D eigenvalue weighted by Crippen LogP contribution is -2.44. The van der Waals surface area contributed by atoms with Crippen molar-refractivity contribution in [3.8, 4) is 5.75 Å². The monoisotopic (exact) mass is 567 g/mol. The van der Waals surface area contributed by atoms with Gasteiger partial charge in [-0.3, -0.25) is 10.1 Å². The van der Waals surface area contributed by atoms with Crippen molar-refractivity contribution < 1.29 is 13.8 Å². The molecule has 0 fully saturated rings. The van der Waals surface area contributed by atoms with Gasteiger partial charge in [-0.2, -0.15) is 0 Å². The molecule has 3 aromatic rings. The van der Waals surface area contributed by atoms with Crippen LogP contribution in [0.2, 0.25) is 36.3 Å². The van der Waals surface area contributed by atoms with E-state index >= 15 is 0 Å².